The van der Waals surface area contributed by atoms with Crippen LogP contribution in [0.4, 0.5) is 0 Å². The SMILES string of the molecule is CC1(NC(=O)Cn2c(=O)[nH]c3ccccc32)CCCCC1C(=O)O. The van der Waals surface area contributed by atoms with Gasteiger partial charge in [-0.2, -0.15) is 0 Å². The van der Waals surface area contributed by atoms with E-state index in [0.29, 0.717) is 23.9 Å². The summed E-state index contributed by atoms with van der Waals surface area (Å²) in [4.78, 5) is 38.7. The minimum Gasteiger partial charge on any atom is -0.481 e. The Hall–Kier alpha value is -2.57. The van der Waals surface area contributed by atoms with Gasteiger partial charge in [0.05, 0.1) is 22.5 Å². The fourth-order valence-electron chi connectivity index (χ4n) is 3.64. The van der Waals surface area contributed by atoms with Crippen LogP contribution in [-0.2, 0) is 16.1 Å². The van der Waals surface area contributed by atoms with Crippen molar-refractivity contribution >= 4 is 22.9 Å². The molecule has 0 saturated heterocycles. The number of carboxylic acid groups (broad SMARTS) is 1. The van der Waals surface area contributed by atoms with Crippen LogP contribution in [0.5, 0.6) is 0 Å². The minimum absolute atomic E-state index is 0.134. The Morgan fingerprint density at radius 2 is 2.12 bits per heavy atom. The number of amides is 1. The second kappa shape index (κ2) is 6.14. The fraction of sp³-hybridized carbons (Fsp3) is 0.471. The van der Waals surface area contributed by atoms with Crippen molar-refractivity contribution in [3.63, 3.8) is 0 Å². The third kappa shape index (κ3) is 2.93. The molecule has 24 heavy (non-hydrogen) atoms. The van der Waals surface area contributed by atoms with Crippen LogP contribution in [0, 0.1) is 5.92 Å². The van der Waals surface area contributed by atoms with Crippen LogP contribution in [0.25, 0.3) is 11.0 Å². The number of H-pyrrole nitrogens is 1. The number of para-hydroxylation sites is 2. The molecule has 1 aromatic heterocycles. The Balaban J connectivity index is 1.80. The Morgan fingerprint density at radius 3 is 2.88 bits per heavy atom. The van der Waals surface area contributed by atoms with Crippen molar-refractivity contribution < 1.29 is 14.7 Å². The molecule has 0 aliphatic heterocycles. The zero-order valence-electron chi connectivity index (χ0n) is 13.5. The van der Waals surface area contributed by atoms with Gasteiger partial charge in [0.1, 0.15) is 6.54 Å². The van der Waals surface area contributed by atoms with Gasteiger partial charge in [-0.25, -0.2) is 4.79 Å². The number of imidazole rings is 1. The number of nitrogens with zero attached hydrogens (tertiary/aromatic N) is 1. The van der Waals surface area contributed by atoms with Crippen LogP contribution in [0.1, 0.15) is 32.6 Å². The second-order valence-corrected chi connectivity index (χ2v) is 6.64. The zero-order valence-corrected chi connectivity index (χ0v) is 13.5. The third-order valence-corrected chi connectivity index (χ3v) is 4.91. The number of nitrogens with one attached hydrogen (secondary N) is 2. The van der Waals surface area contributed by atoms with E-state index >= 15 is 0 Å². The van der Waals surface area contributed by atoms with Crippen molar-refractivity contribution in [2.75, 3.05) is 0 Å². The highest BCUT2D eigenvalue weighted by molar-refractivity contribution is 5.82. The lowest BCUT2D eigenvalue weighted by Crippen LogP contribution is -2.56. The van der Waals surface area contributed by atoms with Crippen LogP contribution >= 0.6 is 0 Å². The van der Waals surface area contributed by atoms with Gasteiger partial charge < -0.3 is 15.4 Å². The Kier molecular flexibility index (Phi) is 4.17. The van der Waals surface area contributed by atoms with E-state index < -0.39 is 17.4 Å². The number of aromatic nitrogens is 2. The van der Waals surface area contributed by atoms with Gasteiger partial charge in [0.2, 0.25) is 5.91 Å². The number of carbonyl (C=O) groups is 2. The van der Waals surface area contributed by atoms with Gasteiger partial charge in [0.15, 0.2) is 0 Å². The molecular weight excluding hydrogens is 310 g/mol. The first-order chi connectivity index (χ1) is 11.4. The highest BCUT2D eigenvalue weighted by Crippen LogP contribution is 2.33. The quantitative estimate of drug-likeness (QED) is 0.789. The number of aromatic amines is 1. The number of rotatable bonds is 4. The monoisotopic (exact) mass is 331 g/mol. The van der Waals surface area contributed by atoms with Gasteiger partial charge in [-0.05, 0) is 31.9 Å². The summed E-state index contributed by atoms with van der Waals surface area (Å²) in [5.74, 6) is -1.84. The van der Waals surface area contributed by atoms with Crippen molar-refractivity contribution in [1.82, 2.24) is 14.9 Å². The standard InChI is InChI=1S/C17H21N3O4/c1-17(9-5-4-6-11(17)15(22)23)19-14(21)10-20-13-8-3-2-7-12(13)18-16(20)24/h2-3,7-8,11H,4-6,9-10H2,1H3,(H,18,24)(H,19,21)(H,22,23). The van der Waals surface area contributed by atoms with E-state index in [0.717, 1.165) is 12.8 Å². The predicted octanol–water partition coefficient (Wildman–Crippen LogP) is 1.48. The minimum atomic E-state index is -0.887. The molecule has 2 atom stereocenters. The van der Waals surface area contributed by atoms with Crippen LogP contribution in [0.2, 0.25) is 0 Å². The Morgan fingerprint density at radius 1 is 1.38 bits per heavy atom. The summed E-state index contributed by atoms with van der Waals surface area (Å²) in [5, 5.41) is 12.3. The smallest absolute Gasteiger partial charge is 0.326 e. The van der Waals surface area contributed by atoms with Crippen molar-refractivity contribution in [3.8, 4) is 0 Å². The van der Waals surface area contributed by atoms with Crippen LogP contribution < -0.4 is 11.0 Å². The van der Waals surface area contributed by atoms with Crippen molar-refractivity contribution in [1.29, 1.82) is 0 Å². The first-order valence-electron chi connectivity index (χ1n) is 8.12. The van der Waals surface area contributed by atoms with E-state index in [4.69, 9.17) is 0 Å². The maximum absolute atomic E-state index is 12.5. The fourth-order valence-corrected chi connectivity index (χ4v) is 3.64. The molecule has 0 bridgehead atoms. The van der Waals surface area contributed by atoms with Gasteiger partial charge in [0, 0.05) is 0 Å². The summed E-state index contributed by atoms with van der Waals surface area (Å²) in [6, 6.07) is 7.15. The average molecular weight is 331 g/mol. The maximum atomic E-state index is 12.5. The Labute approximate surface area is 138 Å². The molecule has 7 nitrogen and oxygen atoms in total. The number of benzene rings is 1. The van der Waals surface area contributed by atoms with E-state index in [1.807, 2.05) is 6.07 Å². The van der Waals surface area contributed by atoms with Gasteiger partial charge in [-0.3, -0.25) is 14.2 Å². The largest absolute Gasteiger partial charge is 0.481 e. The summed E-state index contributed by atoms with van der Waals surface area (Å²) in [6.45, 7) is 1.64. The molecule has 1 aliphatic rings. The van der Waals surface area contributed by atoms with E-state index in [1.165, 1.54) is 4.57 Å². The van der Waals surface area contributed by atoms with Crippen molar-refractivity contribution in [3.05, 3.63) is 34.7 Å². The summed E-state index contributed by atoms with van der Waals surface area (Å²) in [5.41, 5.74) is 0.190. The summed E-state index contributed by atoms with van der Waals surface area (Å²) >= 11 is 0. The number of carboxylic acids is 1. The molecule has 1 heterocycles. The van der Waals surface area contributed by atoms with Gasteiger partial charge in [-0.1, -0.05) is 25.0 Å². The van der Waals surface area contributed by atoms with Crippen LogP contribution in [0.15, 0.2) is 29.1 Å². The molecular formula is C17H21N3O4. The summed E-state index contributed by atoms with van der Waals surface area (Å²) < 4.78 is 1.37. The molecule has 0 radical (unpaired) electrons. The van der Waals surface area contributed by atoms with Gasteiger partial charge in [-0.15, -0.1) is 0 Å². The molecule has 1 saturated carbocycles. The molecule has 1 aromatic carbocycles. The number of hydrogen-bond acceptors (Lipinski definition) is 3. The van der Waals surface area contributed by atoms with Gasteiger partial charge in [0.25, 0.3) is 0 Å². The highest BCUT2D eigenvalue weighted by atomic mass is 16.4. The predicted molar refractivity (Wildman–Crippen MR) is 88.7 cm³/mol. The number of aliphatic carboxylic acids is 1. The summed E-state index contributed by atoms with van der Waals surface area (Å²) in [6.07, 6.45) is 2.91. The molecule has 0 spiro atoms. The second-order valence-electron chi connectivity index (χ2n) is 6.64. The number of fused-ring (bicyclic) bond motifs is 1. The van der Waals surface area contributed by atoms with E-state index in [2.05, 4.69) is 10.3 Å². The lowest BCUT2D eigenvalue weighted by atomic mass is 9.74. The highest BCUT2D eigenvalue weighted by Gasteiger charge is 2.42. The van der Waals surface area contributed by atoms with Crippen molar-refractivity contribution in [2.45, 2.75) is 44.7 Å². The molecule has 2 unspecified atom stereocenters. The van der Waals surface area contributed by atoms with Crippen LogP contribution in [0.3, 0.4) is 0 Å². The first kappa shape index (κ1) is 16.3. The average Bonchev–Trinajstić information content (AvgIpc) is 2.83. The Bertz CT molecular complexity index is 838. The van der Waals surface area contributed by atoms with Crippen LogP contribution in [-0.4, -0.2) is 32.1 Å². The molecule has 7 heteroatoms. The first-order valence-corrected chi connectivity index (χ1v) is 8.12. The molecule has 1 aliphatic carbocycles. The maximum Gasteiger partial charge on any atom is 0.326 e. The molecule has 1 fully saturated rings. The summed E-state index contributed by atoms with van der Waals surface area (Å²) in [7, 11) is 0. The molecule has 3 N–H and O–H groups in total. The van der Waals surface area contributed by atoms with Gasteiger partial charge >= 0.3 is 11.7 Å². The lowest BCUT2D eigenvalue weighted by molar-refractivity contribution is -0.146. The molecule has 128 valence electrons. The van der Waals surface area contributed by atoms with E-state index in [9.17, 15) is 19.5 Å². The molecule has 2 aromatic rings. The lowest BCUT2D eigenvalue weighted by Gasteiger charge is -2.39. The van der Waals surface area contributed by atoms with E-state index in [-0.39, 0.29) is 18.1 Å². The molecule has 3 rings (SSSR count). The third-order valence-electron chi connectivity index (χ3n) is 4.91. The topological polar surface area (TPSA) is 104 Å². The number of carbonyl (C=O) groups excluding carboxylic acids is 1. The zero-order chi connectivity index (χ0) is 17.3. The molecule has 1 amide bonds. The number of hydrogen-bond donors (Lipinski definition) is 3. The normalized spacial score (nSPS) is 24.0. The van der Waals surface area contributed by atoms with Crippen molar-refractivity contribution in [2.24, 2.45) is 5.92 Å². The van der Waals surface area contributed by atoms with E-state index in [1.54, 1.807) is 25.1 Å².